The quantitative estimate of drug-likeness (QED) is 0.130. The molecule has 0 fully saturated rings. The van der Waals surface area contributed by atoms with Gasteiger partial charge in [0.1, 0.15) is 11.7 Å². The average Bonchev–Trinajstić information content (AvgIpc) is 3.55. The van der Waals surface area contributed by atoms with Crippen LogP contribution in [0.2, 0.25) is 0 Å². The van der Waals surface area contributed by atoms with Crippen molar-refractivity contribution in [3.05, 3.63) is 115 Å². The first-order valence-electron chi connectivity index (χ1n) is 14.2. The Hall–Kier alpha value is -4.98. The van der Waals surface area contributed by atoms with Crippen LogP contribution in [0, 0.1) is 16.0 Å². The van der Waals surface area contributed by atoms with E-state index in [0.29, 0.717) is 4.88 Å². The van der Waals surface area contributed by atoms with Gasteiger partial charge in [-0.2, -0.15) is 13.2 Å². The Morgan fingerprint density at radius 1 is 1.07 bits per heavy atom. The number of anilines is 1. The summed E-state index contributed by atoms with van der Waals surface area (Å²) in [6.45, 7) is 2.97. The first-order chi connectivity index (χ1) is 21.9. The number of alkyl halides is 3. The Bertz CT molecular complexity index is 1770. The summed E-state index contributed by atoms with van der Waals surface area (Å²) in [4.78, 5) is 54.7. The highest BCUT2D eigenvalue weighted by atomic mass is 32.1. The number of halogens is 3. The first-order valence-corrected chi connectivity index (χ1v) is 15.1. The minimum atomic E-state index is -4.73. The van der Waals surface area contributed by atoms with E-state index in [1.165, 1.54) is 59.6 Å². The maximum atomic E-state index is 14.7. The van der Waals surface area contributed by atoms with Crippen molar-refractivity contribution in [1.29, 1.82) is 0 Å². The number of esters is 2. The molecular weight excluding hydrogens is 627 g/mol. The van der Waals surface area contributed by atoms with E-state index in [0.717, 1.165) is 12.1 Å². The zero-order valence-corrected chi connectivity index (χ0v) is 25.4. The predicted molar refractivity (Wildman–Crippen MR) is 161 cm³/mol. The van der Waals surface area contributed by atoms with Gasteiger partial charge in [0.15, 0.2) is 5.78 Å². The molecule has 0 unspecified atom stereocenters. The molecule has 5 rings (SSSR count). The standard InChI is InChI=1S/C32H28F3N3O7S/c1-3-44-30(40)25-21(23-12-7-13-46-23)16-22-26(28(25)39)24(17-8-5-11-20(14-17)38(42)43)27(31(41)45-4-2)29(36)37(22)19-10-6-9-18(15-19)32(33,34)35/h5-15,21,24-25H,3-4,16,36H2,1-2H3/t21-,24-,25-/m0/s1. The monoisotopic (exact) mass is 655 g/mol. The van der Waals surface area contributed by atoms with Crippen LogP contribution in [0.5, 0.6) is 0 Å². The number of rotatable bonds is 8. The Morgan fingerprint density at radius 3 is 2.41 bits per heavy atom. The fourth-order valence-electron chi connectivity index (χ4n) is 5.98. The van der Waals surface area contributed by atoms with Gasteiger partial charge in [-0.15, -0.1) is 11.3 Å². The van der Waals surface area contributed by atoms with Crippen LogP contribution in [0.15, 0.2) is 88.7 Å². The van der Waals surface area contributed by atoms with E-state index in [4.69, 9.17) is 15.2 Å². The van der Waals surface area contributed by atoms with E-state index in [1.54, 1.807) is 24.4 Å². The Labute approximate surface area is 265 Å². The van der Waals surface area contributed by atoms with Crippen LogP contribution in [0.1, 0.15) is 48.1 Å². The van der Waals surface area contributed by atoms with Gasteiger partial charge in [-0.3, -0.25) is 24.6 Å². The van der Waals surface area contributed by atoms with Gasteiger partial charge in [-0.1, -0.05) is 24.3 Å². The van der Waals surface area contributed by atoms with Gasteiger partial charge in [0, 0.05) is 39.9 Å². The van der Waals surface area contributed by atoms with Crippen molar-refractivity contribution >= 4 is 40.4 Å². The average molecular weight is 656 g/mol. The zero-order chi connectivity index (χ0) is 33.3. The van der Waals surface area contributed by atoms with Crippen molar-refractivity contribution in [2.75, 3.05) is 18.1 Å². The summed E-state index contributed by atoms with van der Waals surface area (Å²) in [6, 6.07) is 13.0. The molecular formula is C32H28F3N3O7S. The predicted octanol–water partition coefficient (Wildman–Crippen LogP) is 6.20. The third-order valence-corrected chi connectivity index (χ3v) is 8.83. The van der Waals surface area contributed by atoms with Gasteiger partial charge in [0.2, 0.25) is 0 Å². The molecule has 14 heteroatoms. The summed E-state index contributed by atoms with van der Waals surface area (Å²) < 4.78 is 52.2. The van der Waals surface area contributed by atoms with E-state index in [1.807, 2.05) is 0 Å². The van der Waals surface area contributed by atoms with Crippen molar-refractivity contribution in [2.24, 2.45) is 11.7 Å². The molecule has 1 aromatic heterocycles. The maximum Gasteiger partial charge on any atom is 0.416 e. The largest absolute Gasteiger partial charge is 0.465 e. The summed E-state index contributed by atoms with van der Waals surface area (Å²) in [6.07, 6.45) is -4.79. The fraction of sp³-hybridized carbons (Fsp3) is 0.281. The van der Waals surface area contributed by atoms with E-state index in [9.17, 15) is 37.7 Å². The normalized spacial score (nSPS) is 20.0. The number of nitro benzene ring substituents is 1. The number of non-ortho nitro benzene ring substituents is 1. The Morgan fingerprint density at radius 2 is 1.78 bits per heavy atom. The lowest BCUT2D eigenvalue weighted by Crippen LogP contribution is -2.46. The summed E-state index contributed by atoms with van der Waals surface area (Å²) >= 11 is 1.29. The van der Waals surface area contributed by atoms with Crippen molar-refractivity contribution in [3.63, 3.8) is 0 Å². The number of hydrogen-bond donors (Lipinski definition) is 1. The van der Waals surface area contributed by atoms with Crippen molar-refractivity contribution in [3.8, 4) is 0 Å². The van der Waals surface area contributed by atoms with Crippen LogP contribution in [-0.4, -0.2) is 35.9 Å². The number of ketones is 1. The van der Waals surface area contributed by atoms with Crippen LogP contribution >= 0.6 is 11.3 Å². The lowest BCUT2D eigenvalue weighted by atomic mass is 9.68. The molecule has 3 aromatic rings. The van der Waals surface area contributed by atoms with Crippen molar-refractivity contribution < 1.29 is 42.0 Å². The number of nitrogens with zero attached hydrogens (tertiary/aromatic N) is 2. The van der Waals surface area contributed by atoms with Crippen molar-refractivity contribution in [1.82, 2.24) is 0 Å². The summed E-state index contributed by atoms with van der Waals surface area (Å²) in [5.41, 5.74) is 5.08. The van der Waals surface area contributed by atoms with Crippen LogP contribution in [0.3, 0.4) is 0 Å². The molecule has 1 aliphatic carbocycles. The van der Waals surface area contributed by atoms with Crippen LogP contribution < -0.4 is 10.6 Å². The Kier molecular flexibility index (Phi) is 9.01. The topological polar surface area (TPSA) is 142 Å². The Balaban J connectivity index is 1.85. The molecule has 240 valence electrons. The lowest BCUT2D eigenvalue weighted by Gasteiger charge is -2.43. The van der Waals surface area contributed by atoms with Gasteiger partial charge < -0.3 is 15.2 Å². The van der Waals surface area contributed by atoms with E-state index < -0.39 is 52.1 Å². The second kappa shape index (κ2) is 12.8. The van der Waals surface area contributed by atoms with Gasteiger partial charge in [0.25, 0.3) is 5.69 Å². The first kappa shape index (κ1) is 32.4. The van der Waals surface area contributed by atoms with Crippen LogP contribution in [0.25, 0.3) is 0 Å². The van der Waals surface area contributed by atoms with Gasteiger partial charge in [0.05, 0.1) is 35.2 Å². The number of carbonyl (C=O) groups excluding carboxylic acids is 3. The highest BCUT2D eigenvalue weighted by Crippen LogP contribution is 2.52. The number of nitrogens with two attached hydrogens (primary N) is 1. The molecule has 0 spiro atoms. The third kappa shape index (κ3) is 5.87. The maximum absolute atomic E-state index is 14.7. The number of benzene rings is 2. The van der Waals surface area contributed by atoms with E-state index >= 15 is 0 Å². The van der Waals surface area contributed by atoms with Crippen LogP contribution in [-0.2, 0) is 30.0 Å². The molecule has 0 bridgehead atoms. The smallest absolute Gasteiger partial charge is 0.416 e. The molecule has 2 heterocycles. The van der Waals surface area contributed by atoms with Gasteiger partial charge in [-0.25, -0.2) is 4.79 Å². The molecule has 0 amide bonds. The third-order valence-electron chi connectivity index (χ3n) is 7.83. The lowest BCUT2D eigenvalue weighted by molar-refractivity contribution is -0.384. The van der Waals surface area contributed by atoms with Crippen LogP contribution in [0.4, 0.5) is 24.5 Å². The summed E-state index contributed by atoms with van der Waals surface area (Å²) in [5, 5.41) is 13.5. The fourth-order valence-corrected chi connectivity index (χ4v) is 6.84. The molecule has 0 saturated carbocycles. The number of thiophene rings is 1. The highest BCUT2D eigenvalue weighted by Gasteiger charge is 2.52. The second-order valence-electron chi connectivity index (χ2n) is 10.5. The second-order valence-corrected chi connectivity index (χ2v) is 11.4. The molecule has 0 radical (unpaired) electrons. The van der Waals surface area contributed by atoms with E-state index in [-0.39, 0.29) is 59.2 Å². The molecule has 2 aromatic carbocycles. The number of allylic oxidation sites excluding steroid dienone is 2. The van der Waals surface area contributed by atoms with Crippen molar-refractivity contribution in [2.45, 2.75) is 38.3 Å². The van der Waals surface area contributed by atoms with E-state index in [2.05, 4.69) is 0 Å². The number of ether oxygens (including phenoxy) is 2. The minimum Gasteiger partial charge on any atom is -0.465 e. The van der Waals surface area contributed by atoms with Gasteiger partial charge >= 0.3 is 18.1 Å². The number of nitro groups is 1. The van der Waals surface area contributed by atoms with Gasteiger partial charge in [-0.05, 0) is 55.5 Å². The molecule has 46 heavy (non-hydrogen) atoms. The minimum absolute atomic E-state index is 0.0305. The molecule has 2 aliphatic rings. The SMILES string of the molecule is CCOC(=O)C1=C(N)N(c2cccc(C(F)(F)F)c2)C2=C(C(=O)[C@@H](C(=O)OCC)[C@H](c3cccs3)C2)[C@@H]1c1cccc([N+](=O)[O-])c1. The number of carbonyl (C=O) groups is 3. The molecule has 3 atom stereocenters. The molecule has 2 N–H and O–H groups in total. The number of Topliss-reactive ketones (excluding diaryl/α,β-unsaturated/α-hetero) is 1. The summed E-state index contributed by atoms with van der Waals surface area (Å²) in [5.74, 6) is -6.40. The highest BCUT2D eigenvalue weighted by molar-refractivity contribution is 7.10. The zero-order valence-electron chi connectivity index (χ0n) is 24.6. The number of hydrogen-bond acceptors (Lipinski definition) is 10. The molecule has 1 aliphatic heterocycles. The summed E-state index contributed by atoms with van der Waals surface area (Å²) in [7, 11) is 0. The molecule has 10 nitrogen and oxygen atoms in total. The molecule has 0 saturated heterocycles.